The SMILES string of the molecule is O=C(SC1CCCC1C(=O)OC(=O)[C@@H]1CCCN1)c1ccccc1. The van der Waals surface area contributed by atoms with E-state index in [4.69, 9.17) is 4.74 Å². The smallest absolute Gasteiger partial charge is 0.330 e. The normalized spacial score (nSPS) is 26.2. The Balaban J connectivity index is 1.57. The van der Waals surface area contributed by atoms with Crippen LogP contribution >= 0.6 is 11.8 Å². The van der Waals surface area contributed by atoms with Crippen LogP contribution in [-0.4, -0.2) is 34.9 Å². The summed E-state index contributed by atoms with van der Waals surface area (Å²) in [7, 11) is 0. The summed E-state index contributed by atoms with van der Waals surface area (Å²) in [4.78, 5) is 36.7. The van der Waals surface area contributed by atoms with Crippen molar-refractivity contribution in [3.05, 3.63) is 35.9 Å². The molecule has 0 bridgehead atoms. The maximum atomic E-state index is 12.3. The summed E-state index contributed by atoms with van der Waals surface area (Å²) in [5, 5.41) is 2.88. The number of ether oxygens (including phenoxy) is 1. The molecule has 6 heteroatoms. The van der Waals surface area contributed by atoms with Crippen molar-refractivity contribution in [2.75, 3.05) is 6.54 Å². The van der Waals surface area contributed by atoms with Crippen molar-refractivity contribution < 1.29 is 19.1 Å². The third-order valence-electron chi connectivity index (χ3n) is 4.57. The number of hydrogen-bond acceptors (Lipinski definition) is 6. The molecule has 1 saturated carbocycles. The highest BCUT2D eigenvalue weighted by Gasteiger charge is 2.38. The van der Waals surface area contributed by atoms with E-state index < -0.39 is 11.9 Å². The van der Waals surface area contributed by atoms with E-state index >= 15 is 0 Å². The van der Waals surface area contributed by atoms with Gasteiger partial charge in [0.25, 0.3) is 0 Å². The molecule has 0 aromatic heterocycles. The lowest BCUT2D eigenvalue weighted by Crippen LogP contribution is -2.36. The predicted octanol–water partition coefficient (Wildman–Crippen LogP) is 2.55. The van der Waals surface area contributed by atoms with Crippen LogP contribution in [0.25, 0.3) is 0 Å². The molecule has 3 rings (SSSR count). The first-order valence-corrected chi connectivity index (χ1v) is 9.28. The second kappa shape index (κ2) is 7.94. The van der Waals surface area contributed by atoms with Gasteiger partial charge in [-0.1, -0.05) is 48.5 Å². The van der Waals surface area contributed by atoms with Crippen LogP contribution in [0.15, 0.2) is 30.3 Å². The largest absolute Gasteiger partial charge is 0.392 e. The number of rotatable bonds is 4. The molecule has 1 saturated heterocycles. The molecule has 2 fully saturated rings. The monoisotopic (exact) mass is 347 g/mol. The van der Waals surface area contributed by atoms with Gasteiger partial charge in [-0.25, -0.2) is 4.79 Å². The molecule has 0 radical (unpaired) electrons. The van der Waals surface area contributed by atoms with Crippen LogP contribution in [0.4, 0.5) is 0 Å². The van der Waals surface area contributed by atoms with Crippen molar-refractivity contribution in [2.24, 2.45) is 5.92 Å². The van der Waals surface area contributed by atoms with Gasteiger partial charge in [0.05, 0.1) is 5.92 Å². The Hall–Kier alpha value is -1.66. The quantitative estimate of drug-likeness (QED) is 0.667. The number of hydrogen-bond donors (Lipinski definition) is 1. The summed E-state index contributed by atoms with van der Waals surface area (Å²) in [5.74, 6) is -1.35. The second-order valence-corrected chi connectivity index (χ2v) is 7.45. The van der Waals surface area contributed by atoms with Gasteiger partial charge < -0.3 is 10.1 Å². The van der Waals surface area contributed by atoms with Crippen molar-refractivity contribution in [1.29, 1.82) is 0 Å². The van der Waals surface area contributed by atoms with Gasteiger partial charge in [-0.2, -0.15) is 0 Å². The highest BCUT2D eigenvalue weighted by atomic mass is 32.2. The van der Waals surface area contributed by atoms with Crippen molar-refractivity contribution in [3.63, 3.8) is 0 Å². The van der Waals surface area contributed by atoms with Crippen LogP contribution < -0.4 is 5.32 Å². The third-order valence-corrected chi connectivity index (χ3v) is 5.89. The number of carbonyl (C=O) groups excluding carboxylic acids is 3. The molecule has 2 aliphatic rings. The third kappa shape index (κ3) is 4.05. The number of thioether (sulfide) groups is 1. The molecule has 2 unspecified atom stereocenters. The Morgan fingerprint density at radius 2 is 1.79 bits per heavy atom. The van der Waals surface area contributed by atoms with E-state index in [-0.39, 0.29) is 22.3 Å². The molecule has 24 heavy (non-hydrogen) atoms. The summed E-state index contributed by atoms with van der Waals surface area (Å²) in [5.41, 5.74) is 0.632. The second-order valence-electron chi connectivity index (χ2n) is 6.24. The fraction of sp³-hybridized carbons (Fsp3) is 0.500. The zero-order chi connectivity index (χ0) is 16.9. The minimum absolute atomic E-state index is 0.0379. The molecule has 5 nitrogen and oxygen atoms in total. The Morgan fingerprint density at radius 1 is 1.00 bits per heavy atom. The molecule has 0 amide bonds. The zero-order valence-electron chi connectivity index (χ0n) is 13.4. The van der Waals surface area contributed by atoms with Crippen LogP contribution in [0.3, 0.4) is 0 Å². The fourth-order valence-electron chi connectivity index (χ4n) is 3.25. The highest BCUT2D eigenvalue weighted by Crippen LogP contribution is 2.37. The predicted molar refractivity (Wildman–Crippen MR) is 91.6 cm³/mol. The molecule has 1 aliphatic heterocycles. The summed E-state index contributed by atoms with van der Waals surface area (Å²) in [6, 6.07) is 8.68. The van der Waals surface area contributed by atoms with Crippen molar-refractivity contribution in [3.8, 4) is 0 Å². The standard InChI is InChI=1S/C18H21NO4S/c20-16(23-17(21)14-9-5-11-19-14)13-8-4-10-15(13)24-18(22)12-6-2-1-3-7-12/h1-3,6-7,13-15,19H,4-5,8-11H2/t13?,14-,15?/m0/s1. The Kier molecular flexibility index (Phi) is 5.68. The summed E-state index contributed by atoms with van der Waals surface area (Å²) in [6.45, 7) is 0.779. The molecule has 1 N–H and O–H groups in total. The van der Waals surface area contributed by atoms with Gasteiger partial charge in [-0.3, -0.25) is 9.59 Å². The Labute approximate surface area is 145 Å². The molecule has 1 aromatic rings. The molecular formula is C18H21NO4S. The summed E-state index contributed by atoms with van der Waals surface area (Å²) < 4.78 is 5.07. The number of esters is 2. The minimum atomic E-state index is -0.484. The molecule has 1 heterocycles. The zero-order valence-corrected chi connectivity index (χ0v) is 14.2. The van der Waals surface area contributed by atoms with Crippen molar-refractivity contribution >= 4 is 28.8 Å². The first-order chi connectivity index (χ1) is 11.6. The van der Waals surface area contributed by atoms with E-state index in [0.29, 0.717) is 18.4 Å². The summed E-state index contributed by atoms with van der Waals surface area (Å²) >= 11 is 1.19. The summed E-state index contributed by atoms with van der Waals surface area (Å²) in [6.07, 6.45) is 3.96. The van der Waals surface area contributed by atoms with E-state index in [1.807, 2.05) is 18.2 Å². The van der Waals surface area contributed by atoms with Gasteiger partial charge in [0.2, 0.25) is 5.12 Å². The van der Waals surface area contributed by atoms with E-state index in [0.717, 1.165) is 25.8 Å². The van der Waals surface area contributed by atoms with Crippen molar-refractivity contribution in [1.82, 2.24) is 5.32 Å². The van der Waals surface area contributed by atoms with Gasteiger partial charge in [0.1, 0.15) is 6.04 Å². The van der Waals surface area contributed by atoms with Crippen LogP contribution in [-0.2, 0) is 14.3 Å². The van der Waals surface area contributed by atoms with Crippen LogP contribution in [0, 0.1) is 5.92 Å². The first-order valence-electron chi connectivity index (χ1n) is 8.40. The van der Waals surface area contributed by atoms with Crippen LogP contribution in [0.5, 0.6) is 0 Å². The maximum Gasteiger partial charge on any atom is 0.330 e. The van der Waals surface area contributed by atoms with Crippen LogP contribution in [0.1, 0.15) is 42.5 Å². The topological polar surface area (TPSA) is 72.5 Å². The molecule has 3 atom stereocenters. The Bertz CT molecular complexity index is 613. The maximum absolute atomic E-state index is 12.3. The van der Waals surface area contributed by atoms with Gasteiger partial charge in [0.15, 0.2) is 0 Å². The van der Waals surface area contributed by atoms with Crippen LogP contribution in [0.2, 0.25) is 0 Å². The highest BCUT2D eigenvalue weighted by molar-refractivity contribution is 8.14. The average molecular weight is 347 g/mol. The van der Waals surface area contributed by atoms with E-state index in [1.54, 1.807) is 12.1 Å². The molecular weight excluding hydrogens is 326 g/mol. The Morgan fingerprint density at radius 3 is 2.50 bits per heavy atom. The average Bonchev–Trinajstić information content (AvgIpc) is 3.27. The van der Waals surface area contributed by atoms with Crippen molar-refractivity contribution in [2.45, 2.75) is 43.4 Å². The minimum Gasteiger partial charge on any atom is -0.392 e. The molecule has 128 valence electrons. The lowest BCUT2D eigenvalue weighted by Gasteiger charge is -2.17. The van der Waals surface area contributed by atoms with Gasteiger partial charge >= 0.3 is 11.9 Å². The number of nitrogens with one attached hydrogen (secondary N) is 1. The van der Waals surface area contributed by atoms with Gasteiger partial charge in [-0.15, -0.1) is 0 Å². The lowest BCUT2D eigenvalue weighted by molar-refractivity contribution is -0.163. The van der Waals surface area contributed by atoms with Gasteiger partial charge in [-0.05, 0) is 32.2 Å². The van der Waals surface area contributed by atoms with E-state index in [2.05, 4.69) is 5.32 Å². The van der Waals surface area contributed by atoms with E-state index in [1.165, 1.54) is 11.8 Å². The molecule has 1 aromatic carbocycles. The number of benzene rings is 1. The molecule has 1 aliphatic carbocycles. The fourth-order valence-corrected chi connectivity index (χ4v) is 4.49. The van der Waals surface area contributed by atoms with E-state index in [9.17, 15) is 14.4 Å². The number of carbonyl (C=O) groups is 3. The lowest BCUT2D eigenvalue weighted by atomic mass is 10.1. The first kappa shape index (κ1) is 17.2. The van der Waals surface area contributed by atoms with Gasteiger partial charge in [0, 0.05) is 10.8 Å². The molecule has 0 spiro atoms.